The smallest absolute Gasteiger partial charge is 0.313 e. The number of hydrogen-bond acceptors (Lipinski definition) is 5. The molecule has 0 amide bonds. The molecule has 0 saturated carbocycles. The molecule has 80 valence electrons. The lowest BCUT2D eigenvalue weighted by atomic mass is 9.97. The van der Waals surface area contributed by atoms with E-state index in [0.29, 0.717) is 6.54 Å². The van der Waals surface area contributed by atoms with Crippen LogP contribution in [0.4, 0.5) is 0 Å². The van der Waals surface area contributed by atoms with Crippen molar-refractivity contribution in [2.24, 2.45) is 5.41 Å². The highest BCUT2D eigenvalue weighted by Gasteiger charge is 2.26. The average Bonchev–Trinajstić information content (AvgIpc) is 2.31. The first kappa shape index (κ1) is 11.2. The summed E-state index contributed by atoms with van der Waals surface area (Å²) in [5.74, 6) is -0.296. The summed E-state index contributed by atoms with van der Waals surface area (Å²) in [4.78, 5) is 16.4. The van der Waals surface area contributed by atoms with Gasteiger partial charge in [0.15, 0.2) is 0 Å². The van der Waals surface area contributed by atoms with Crippen LogP contribution in [-0.4, -0.2) is 18.8 Å². The van der Waals surface area contributed by atoms with Crippen LogP contribution in [0.25, 0.3) is 0 Å². The van der Waals surface area contributed by atoms with Crippen LogP contribution in [0.1, 0.15) is 20.8 Å². The summed E-state index contributed by atoms with van der Waals surface area (Å²) in [5, 5.41) is 0. The van der Waals surface area contributed by atoms with Gasteiger partial charge in [0.05, 0.1) is 5.41 Å². The molecule has 0 bridgehead atoms. The number of hydrazine groups is 1. The molecule has 14 heavy (non-hydrogen) atoms. The van der Waals surface area contributed by atoms with Crippen molar-refractivity contribution in [3.63, 3.8) is 0 Å². The lowest BCUT2D eigenvalue weighted by Crippen LogP contribution is -2.36. The van der Waals surface area contributed by atoms with Crippen LogP contribution in [0, 0.1) is 5.41 Å². The Kier molecular flexibility index (Phi) is 3.62. The van der Waals surface area contributed by atoms with E-state index in [1.54, 1.807) is 26.8 Å². The molecule has 1 aliphatic heterocycles. The maximum atomic E-state index is 11.5. The third-order valence-corrected chi connectivity index (χ3v) is 1.60. The van der Waals surface area contributed by atoms with Crippen molar-refractivity contribution in [1.29, 1.82) is 0 Å². The Balaban J connectivity index is 2.46. The van der Waals surface area contributed by atoms with Gasteiger partial charge in [0.2, 0.25) is 6.29 Å². The Morgan fingerprint density at radius 3 is 2.93 bits per heavy atom. The molecule has 0 aromatic heterocycles. The molecule has 2 N–H and O–H groups in total. The second kappa shape index (κ2) is 4.54. The quantitative estimate of drug-likeness (QED) is 0.476. The monoisotopic (exact) mass is 200 g/mol. The Hall–Kier alpha value is -0.910. The van der Waals surface area contributed by atoms with Crippen LogP contribution in [0.5, 0.6) is 0 Å². The number of rotatable bonds is 1. The van der Waals surface area contributed by atoms with Gasteiger partial charge in [-0.3, -0.25) is 4.79 Å². The SMILES string of the molecule is CC(C)(C)C(=O)OC1C=CCNNO1. The highest BCUT2D eigenvalue weighted by atomic mass is 16.8. The van der Waals surface area contributed by atoms with Gasteiger partial charge in [-0.15, -0.1) is 5.59 Å². The maximum Gasteiger partial charge on any atom is 0.313 e. The van der Waals surface area contributed by atoms with Crippen molar-refractivity contribution in [2.75, 3.05) is 6.54 Å². The number of carbonyl (C=O) groups excluding carboxylic acids is 1. The Morgan fingerprint density at radius 2 is 2.29 bits per heavy atom. The fraction of sp³-hybridized carbons (Fsp3) is 0.667. The van der Waals surface area contributed by atoms with Gasteiger partial charge in [0, 0.05) is 6.54 Å². The summed E-state index contributed by atoms with van der Waals surface area (Å²) >= 11 is 0. The standard InChI is InChI=1S/C9H16N2O3/c1-9(2,3)8(12)13-7-5-4-6-10-11-14-7/h4-5,7,10-11H,6H2,1-3H3. The summed E-state index contributed by atoms with van der Waals surface area (Å²) in [6.07, 6.45) is 2.83. The first-order chi connectivity index (χ1) is 6.50. The average molecular weight is 200 g/mol. The fourth-order valence-corrected chi connectivity index (χ4v) is 0.764. The lowest BCUT2D eigenvalue weighted by molar-refractivity contribution is -0.192. The molecule has 5 heteroatoms. The van der Waals surface area contributed by atoms with Gasteiger partial charge < -0.3 is 4.74 Å². The van der Waals surface area contributed by atoms with Crippen LogP contribution in [-0.2, 0) is 14.4 Å². The van der Waals surface area contributed by atoms with Crippen LogP contribution >= 0.6 is 0 Å². The third kappa shape index (κ3) is 3.45. The molecule has 1 aliphatic rings. The van der Waals surface area contributed by atoms with E-state index in [-0.39, 0.29) is 5.97 Å². The van der Waals surface area contributed by atoms with Crippen molar-refractivity contribution in [2.45, 2.75) is 27.1 Å². The zero-order valence-corrected chi connectivity index (χ0v) is 8.66. The lowest BCUT2D eigenvalue weighted by Gasteiger charge is -2.20. The van der Waals surface area contributed by atoms with Gasteiger partial charge >= 0.3 is 5.97 Å². The molecule has 1 heterocycles. The topological polar surface area (TPSA) is 59.6 Å². The van der Waals surface area contributed by atoms with E-state index in [2.05, 4.69) is 11.0 Å². The number of nitrogens with one attached hydrogen (secondary N) is 2. The van der Waals surface area contributed by atoms with Crippen LogP contribution in [0.3, 0.4) is 0 Å². The normalized spacial score (nSPS) is 22.9. The minimum Gasteiger partial charge on any atom is -0.430 e. The predicted octanol–water partition coefficient (Wildman–Crippen LogP) is 0.497. The van der Waals surface area contributed by atoms with Gasteiger partial charge in [-0.25, -0.2) is 10.3 Å². The predicted molar refractivity (Wildman–Crippen MR) is 50.7 cm³/mol. The van der Waals surface area contributed by atoms with Crippen molar-refractivity contribution >= 4 is 5.97 Å². The Morgan fingerprint density at radius 1 is 1.57 bits per heavy atom. The van der Waals surface area contributed by atoms with Crippen LogP contribution in [0.2, 0.25) is 0 Å². The highest BCUT2D eigenvalue weighted by molar-refractivity contribution is 5.75. The second-order valence-corrected chi connectivity index (χ2v) is 4.05. The van der Waals surface area contributed by atoms with E-state index in [1.807, 2.05) is 6.08 Å². The maximum absolute atomic E-state index is 11.5. The van der Waals surface area contributed by atoms with E-state index in [9.17, 15) is 4.79 Å². The summed E-state index contributed by atoms with van der Waals surface area (Å²) in [6.45, 7) is 6.01. The van der Waals surface area contributed by atoms with E-state index in [1.165, 1.54) is 0 Å². The summed E-state index contributed by atoms with van der Waals surface area (Å²) < 4.78 is 5.09. The summed E-state index contributed by atoms with van der Waals surface area (Å²) in [5.41, 5.74) is 4.69. The number of hydrogen-bond donors (Lipinski definition) is 2. The van der Waals surface area contributed by atoms with Gasteiger partial charge in [-0.2, -0.15) is 0 Å². The molecule has 0 aliphatic carbocycles. The van der Waals surface area contributed by atoms with Crippen LogP contribution in [0.15, 0.2) is 12.2 Å². The van der Waals surface area contributed by atoms with Crippen LogP contribution < -0.4 is 11.0 Å². The molecular weight excluding hydrogens is 184 g/mol. The zero-order chi connectivity index (χ0) is 10.6. The molecule has 0 aromatic carbocycles. The first-order valence-corrected chi connectivity index (χ1v) is 4.51. The molecule has 0 aromatic rings. The summed E-state index contributed by atoms with van der Waals surface area (Å²) in [7, 11) is 0. The number of carbonyl (C=O) groups is 1. The molecule has 5 nitrogen and oxygen atoms in total. The van der Waals surface area contributed by atoms with Gasteiger partial charge in [0.25, 0.3) is 0 Å². The minimum absolute atomic E-state index is 0.296. The molecule has 1 unspecified atom stereocenters. The van der Waals surface area contributed by atoms with Gasteiger partial charge in [-0.1, -0.05) is 6.08 Å². The van der Waals surface area contributed by atoms with Crippen molar-refractivity contribution in [1.82, 2.24) is 11.0 Å². The first-order valence-electron chi connectivity index (χ1n) is 4.51. The van der Waals surface area contributed by atoms with Crippen molar-refractivity contribution < 1.29 is 14.4 Å². The molecule has 0 saturated heterocycles. The van der Waals surface area contributed by atoms with E-state index in [4.69, 9.17) is 9.57 Å². The van der Waals surface area contributed by atoms with E-state index >= 15 is 0 Å². The largest absolute Gasteiger partial charge is 0.430 e. The minimum atomic E-state index is -0.670. The molecular formula is C9H16N2O3. The second-order valence-electron chi connectivity index (χ2n) is 4.05. The molecule has 1 atom stereocenters. The zero-order valence-electron chi connectivity index (χ0n) is 8.66. The number of esters is 1. The Labute approximate surface area is 83.4 Å². The Bertz CT molecular complexity index is 233. The summed E-state index contributed by atoms with van der Waals surface area (Å²) in [6, 6.07) is 0. The fourth-order valence-electron chi connectivity index (χ4n) is 0.764. The third-order valence-electron chi connectivity index (χ3n) is 1.60. The highest BCUT2D eigenvalue weighted by Crippen LogP contribution is 2.16. The van der Waals surface area contributed by atoms with Crippen molar-refractivity contribution in [3.8, 4) is 0 Å². The van der Waals surface area contributed by atoms with E-state index < -0.39 is 11.7 Å². The number of ether oxygens (including phenoxy) is 1. The molecule has 0 spiro atoms. The molecule has 0 fully saturated rings. The van der Waals surface area contributed by atoms with E-state index in [0.717, 1.165) is 0 Å². The van der Waals surface area contributed by atoms with Crippen molar-refractivity contribution in [3.05, 3.63) is 12.2 Å². The molecule has 1 rings (SSSR count). The van der Waals surface area contributed by atoms with Gasteiger partial charge in [0.1, 0.15) is 0 Å². The molecule has 0 radical (unpaired) electrons. The van der Waals surface area contributed by atoms with Gasteiger partial charge in [-0.05, 0) is 26.8 Å².